The lowest BCUT2D eigenvalue weighted by Gasteiger charge is -2.20. The smallest absolute Gasteiger partial charge is 0.217 e. The molecular weight excluding hydrogens is 152 g/mol. The maximum atomic E-state index is 10.6. The van der Waals surface area contributed by atoms with Crippen LogP contribution in [-0.4, -0.2) is 18.5 Å². The Kier molecular flexibility index (Phi) is 3.29. The van der Waals surface area contributed by atoms with E-state index in [0.29, 0.717) is 6.54 Å². The summed E-state index contributed by atoms with van der Waals surface area (Å²) in [6.07, 6.45) is 5.46. The molecule has 0 saturated carbocycles. The van der Waals surface area contributed by atoms with Gasteiger partial charge in [0.2, 0.25) is 5.91 Å². The van der Waals surface area contributed by atoms with Crippen LogP contribution in [0, 0.1) is 0 Å². The lowest BCUT2D eigenvalue weighted by molar-refractivity contribution is -0.118. The van der Waals surface area contributed by atoms with Crippen LogP contribution >= 0.6 is 0 Å². The van der Waals surface area contributed by atoms with Gasteiger partial charge in [-0.1, -0.05) is 6.08 Å². The summed E-state index contributed by atoms with van der Waals surface area (Å²) in [5, 5.41) is 2.76. The first-order valence-corrected chi connectivity index (χ1v) is 4.39. The van der Waals surface area contributed by atoms with Crippen LogP contribution in [0.5, 0.6) is 0 Å². The molecule has 0 aromatic carbocycles. The van der Waals surface area contributed by atoms with Gasteiger partial charge in [0.15, 0.2) is 0 Å². The van der Waals surface area contributed by atoms with Gasteiger partial charge in [-0.15, -0.1) is 0 Å². The molecule has 1 amide bonds. The molecule has 0 aliphatic heterocycles. The minimum absolute atomic E-state index is 0.00803. The highest BCUT2D eigenvalue weighted by molar-refractivity contribution is 5.73. The van der Waals surface area contributed by atoms with Crippen molar-refractivity contribution in [3.05, 3.63) is 11.6 Å². The van der Waals surface area contributed by atoms with E-state index >= 15 is 0 Å². The standard InChI is InChI=1S/C9H16N2O/c1-7(12)11-6-8-4-2-3-5-9(8)10/h4,9H,2-3,5-6,10H2,1H3,(H,11,12). The van der Waals surface area contributed by atoms with Gasteiger partial charge in [-0.05, 0) is 24.8 Å². The highest BCUT2D eigenvalue weighted by Gasteiger charge is 2.12. The van der Waals surface area contributed by atoms with Gasteiger partial charge in [0.1, 0.15) is 0 Å². The van der Waals surface area contributed by atoms with Crippen LogP contribution in [0.1, 0.15) is 26.2 Å². The summed E-state index contributed by atoms with van der Waals surface area (Å²) in [7, 11) is 0. The van der Waals surface area contributed by atoms with Crippen LogP contribution in [0.3, 0.4) is 0 Å². The average Bonchev–Trinajstić information content (AvgIpc) is 2.03. The van der Waals surface area contributed by atoms with Crippen molar-refractivity contribution in [1.29, 1.82) is 0 Å². The quantitative estimate of drug-likeness (QED) is 0.592. The van der Waals surface area contributed by atoms with E-state index in [9.17, 15) is 4.79 Å². The molecule has 3 nitrogen and oxygen atoms in total. The van der Waals surface area contributed by atoms with Crippen molar-refractivity contribution >= 4 is 5.91 Å². The Bertz CT molecular complexity index is 199. The van der Waals surface area contributed by atoms with Gasteiger partial charge < -0.3 is 11.1 Å². The van der Waals surface area contributed by atoms with Crippen molar-refractivity contribution in [2.45, 2.75) is 32.2 Å². The van der Waals surface area contributed by atoms with Gasteiger partial charge in [0, 0.05) is 19.5 Å². The fraction of sp³-hybridized carbons (Fsp3) is 0.667. The summed E-state index contributed by atoms with van der Waals surface area (Å²) in [5.41, 5.74) is 7.02. The molecule has 1 aliphatic rings. The van der Waals surface area contributed by atoms with Crippen LogP contribution in [0.4, 0.5) is 0 Å². The highest BCUT2D eigenvalue weighted by Crippen LogP contribution is 2.15. The first kappa shape index (κ1) is 9.26. The van der Waals surface area contributed by atoms with Gasteiger partial charge in [0.25, 0.3) is 0 Å². The number of nitrogens with two attached hydrogens (primary N) is 1. The third kappa shape index (κ3) is 2.66. The van der Waals surface area contributed by atoms with E-state index < -0.39 is 0 Å². The van der Waals surface area contributed by atoms with E-state index in [1.807, 2.05) is 0 Å². The number of rotatable bonds is 2. The molecule has 0 spiro atoms. The number of carbonyl (C=O) groups is 1. The lowest BCUT2D eigenvalue weighted by Crippen LogP contribution is -2.33. The monoisotopic (exact) mass is 168 g/mol. The van der Waals surface area contributed by atoms with Gasteiger partial charge >= 0.3 is 0 Å². The Morgan fingerprint density at radius 2 is 2.58 bits per heavy atom. The fourth-order valence-corrected chi connectivity index (χ4v) is 1.39. The molecule has 0 heterocycles. The average molecular weight is 168 g/mol. The molecule has 1 atom stereocenters. The number of allylic oxidation sites excluding steroid dienone is 1. The maximum absolute atomic E-state index is 10.6. The molecule has 0 radical (unpaired) electrons. The van der Waals surface area contributed by atoms with Crippen molar-refractivity contribution in [3.8, 4) is 0 Å². The van der Waals surface area contributed by atoms with E-state index in [1.165, 1.54) is 18.9 Å². The lowest BCUT2D eigenvalue weighted by atomic mass is 9.95. The molecule has 3 heteroatoms. The molecule has 1 aliphatic carbocycles. The first-order valence-electron chi connectivity index (χ1n) is 4.39. The largest absolute Gasteiger partial charge is 0.353 e. The molecule has 0 aromatic heterocycles. The minimum atomic E-state index is 0.00803. The van der Waals surface area contributed by atoms with Crippen LogP contribution in [0.15, 0.2) is 11.6 Å². The van der Waals surface area contributed by atoms with E-state index in [2.05, 4.69) is 11.4 Å². The Hall–Kier alpha value is -0.830. The second-order valence-electron chi connectivity index (χ2n) is 3.23. The summed E-state index contributed by atoms with van der Waals surface area (Å²) < 4.78 is 0. The van der Waals surface area contributed by atoms with Gasteiger partial charge in [0.05, 0.1) is 0 Å². The zero-order valence-corrected chi connectivity index (χ0v) is 7.47. The van der Waals surface area contributed by atoms with Gasteiger partial charge in [-0.25, -0.2) is 0 Å². The van der Waals surface area contributed by atoms with Crippen molar-refractivity contribution in [1.82, 2.24) is 5.32 Å². The van der Waals surface area contributed by atoms with E-state index in [4.69, 9.17) is 5.73 Å². The number of hydrogen-bond acceptors (Lipinski definition) is 2. The van der Waals surface area contributed by atoms with Crippen LogP contribution in [0.25, 0.3) is 0 Å². The summed E-state index contributed by atoms with van der Waals surface area (Å²) in [6.45, 7) is 2.14. The summed E-state index contributed by atoms with van der Waals surface area (Å²) in [4.78, 5) is 10.6. The molecule has 0 bridgehead atoms. The van der Waals surface area contributed by atoms with Crippen molar-refractivity contribution in [2.75, 3.05) is 6.54 Å². The van der Waals surface area contributed by atoms with Crippen LogP contribution in [-0.2, 0) is 4.79 Å². The SMILES string of the molecule is CC(=O)NCC1=CCCCC1N. The van der Waals surface area contributed by atoms with Crippen molar-refractivity contribution < 1.29 is 4.79 Å². The zero-order valence-electron chi connectivity index (χ0n) is 7.47. The Balaban J connectivity index is 2.39. The molecule has 1 rings (SSSR count). The molecule has 1 unspecified atom stereocenters. The van der Waals surface area contributed by atoms with E-state index in [1.54, 1.807) is 0 Å². The number of carbonyl (C=O) groups excluding carboxylic acids is 1. The van der Waals surface area contributed by atoms with Crippen LogP contribution in [0.2, 0.25) is 0 Å². The number of nitrogens with one attached hydrogen (secondary N) is 1. The molecule has 12 heavy (non-hydrogen) atoms. The summed E-state index contributed by atoms with van der Waals surface area (Å²) in [6, 6.07) is 0.158. The van der Waals surface area contributed by atoms with E-state index in [0.717, 1.165) is 12.8 Å². The normalized spacial score (nSPS) is 23.2. The third-order valence-electron chi connectivity index (χ3n) is 2.14. The molecule has 3 N–H and O–H groups in total. The maximum Gasteiger partial charge on any atom is 0.217 e. The number of hydrogen-bond donors (Lipinski definition) is 2. The summed E-state index contributed by atoms with van der Waals surface area (Å²) in [5.74, 6) is 0.00803. The second kappa shape index (κ2) is 4.26. The van der Waals surface area contributed by atoms with Gasteiger partial charge in [-0.3, -0.25) is 4.79 Å². The molecule has 0 fully saturated rings. The highest BCUT2D eigenvalue weighted by atomic mass is 16.1. The van der Waals surface area contributed by atoms with Crippen molar-refractivity contribution in [3.63, 3.8) is 0 Å². The second-order valence-corrected chi connectivity index (χ2v) is 3.23. The summed E-state index contributed by atoms with van der Waals surface area (Å²) >= 11 is 0. The Labute approximate surface area is 73.0 Å². The number of amides is 1. The van der Waals surface area contributed by atoms with E-state index in [-0.39, 0.29) is 11.9 Å². The molecule has 68 valence electrons. The third-order valence-corrected chi connectivity index (χ3v) is 2.14. The molecular formula is C9H16N2O. The van der Waals surface area contributed by atoms with Crippen LogP contribution < -0.4 is 11.1 Å². The van der Waals surface area contributed by atoms with Crippen molar-refractivity contribution in [2.24, 2.45) is 5.73 Å². The fourth-order valence-electron chi connectivity index (χ4n) is 1.39. The first-order chi connectivity index (χ1) is 5.70. The molecule has 0 saturated heterocycles. The zero-order chi connectivity index (χ0) is 8.97. The predicted octanol–water partition coefficient (Wildman–Crippen LogP) is 0.560. The Morgan fingerprint density at radius 3 is 3.17 bits per heavy atom. The molecule has 0 aromatic rings. The van der Waals surface area contributed by atoms with Gasteiger partial charge in [-0.2, -0.15) is 0 Å². The Morgan fingerprint density at radius 1 is 1.83 bits per heavy atom. The minimum Gasteiger partial charge on any atom is -0.353 e. The topological polar surface area (TPSA) is 55.1 Å². The predicted molar refractivity (Wildman–Crippen MR) is 48.6 cm³/mol.